The first kappa shape index (κ1) is 15.7. The van der Waals surface area contributed by atoms with Crippen LogP contribution in [-0.2, 0) is 20.4 Å². The zero-order chi connectivity index (χ0) is 4.00. The molecule has 36 valence electrons. The molecule has 5 heavy (non-hydrogen) atoms. The van der Waals surface area contributed by atoms with Gasteiger partial charge in [0.15, 0.2) is 0 Å². The second kappa shape index (κ2) is 36.8. The van der Waals surface area contributed by atoms with Gasteiger partial charge in [0.2, 0.25) is 0 Å². The Morgan fingerprint density at radius 2 is 0.800 bits per heavy atom. The van der Waals surface area contributed by atoms with E-state index in [0.717, 1.165) is 46.0 Å². The van der Waals surface area contributed by atoms with Crippen LogP contribution in [0.3, 0.4) is 0 Å². The van der Waals surface area contributed by atoms with Gasteiger partial charge in [-0.25, -0.2) is 46.0 Å². The van der Waals surface area contributed by atoms with Crippen molar-refractivity contribution in [2.75, 3.05) is 0 Å². The van der Waals surface area contributed by atoms with Crippen LogP contribution in [-0.4, -0.2) is 0 Å². The van der Waals surface area contributed by atoms with Crippen molar-refractivity contribution in [3.63, 3.8) is 0 Å². The molecule has 0 bridgehead atoms. The average molecular weight is 392 g/mol. The fourth-order valence-corrected chi connectivity index (χ4v) is 0. The third-order valence-corrected chi connectivity index (χ3v) is 0. The topological polar surface area (TPSA) is 46.1 Å². The third-order valence-electron chi connectivity index (χ3n) is 0. The standard InChI is InChI=1S/2IO.Pd/c2*1-2;/q2*-1;+2. The largest absolute Gasteiger partial charge is 2.00 e. The van der Waals surface area contributed by atoms with Crippen LogP contribution >= 0.6 is 46.0 Å². The maximum Gasteiger partial charge on any atom is 2.00 e. The SMILES string of the molecule is [O-]I.[O-]I.[Pd+2]. The molecule has 0 aromatic rings. The summed E-state index contributed by atoms with van der Waals surface area (Å²) in [5.41, 5.74) is 0. The minimum atomic E-state index is 0. The first-order chi connectivity index (χ1) is 2.00. The predicted octanol–water partition coefficient (Wildman–Crippen LogP) is -0.609. The maximum atomic E-state index is 8.22. The van der Waals surface area contributed by atoms with Gasteiger partial charge in [0.05, 0.1) is 0 Å². The van der Waals surface area contributed by atoms with Crippen molar-refractivity contribution in [1.29, 1.82) is 0 Å². The minimum absolute atomic E-state index is 0. The van der Waals surface area contributed by atoms with Crippen LogP contribution in [0, 0.1) is 0 Å². The van der Waals surface area contributed by atoms with Gasteiger partial charge in [-0.15, -0.1) is 0 Å². The molecular weight excluding hydrogens is 392 g/mol. The molecule has 0 aliphatic rings. The van der Waals surface area contributed by atoms with Crippen LogP contribution < -0.4 is 6.87 Å². The number of rotatable bonds is 0. The van der Waals surface area contributed by atoms with E-state index in [1.165, 1.54) is 0 Å². The monoisotopic (exact) mass is 392 g/mol. The fourth-order valence-electron chi connectivity index (χ4n) is 0. The van der Waals surface area contributed by atoms with Gasteiger partial charge in [0.1, 0.15) is 0 Å². The van der Waals surface area contributed by atoms with Gasteiger partial charge in [0, 0.05) is 0 Å². The Hall–Kier alpha value is 2.04. The Bertz CT molecular complexity index is 7.61. The Balaban J connectivity index is -0.0000000133. The van der Waals surface area contributed by atoms with Crippen molar-refractivity contribution < 1.29 is 27.3 Å². The van der Waals surface area contributed by atoms with Gasteiger partial charge in [-0.2, -0.15) is 0 Å². The molecule has 0 saturated carbocycles. The molecule has 2 nitrogen and oxygen atoms in total. The zero-order valence-electron chi connectivity index (χ0n) is 1.89. The van der Waals surface area contributed by atoms with Gasteiger partial charge in [-0.05, 0) is 0 Å². The van der Waals surface area contributed by atoms with Crippen LogP contribution in [0.15, 0.2) is 0 Å². The molecule has 0 fully saturated rings. The molecular formula is I2O2Pd. The predicted molar refractivity (Wildman–Crippen MR) is 28.0 cm³/mol. The van der Waals surface area contributed by atoms with Crippen LogP contribution in [0.4, 0.5) is 0 Å². The maximum absolute atomic E-state index is 8.22. The number of halogens is 2. The van der Waals surface area contributed by atoms with E-state index in [1.54, 1.807) is 0 Å². The number of hydrogen-bond donors (Lipinski definition) is 0. The Kier molecular flexibility index (Phi) is 116. The second-order valence-corrected chi connectivity index (χ2v) is 0. The second-order valence-electron chi connectivity index (χ2n) is 0. The van der Waals surface area contributed by atoms with Crippen molar-refractivity contribution in [2.24, 2.45) is 0 Å². The summed E-state index contributed by atoms with van der Waals surface area (Å²) >= 11 is 1.80. The van der Waals surface area contributed by atoms with Gasteiger partial charge >= 0.3 is 20.4 Å². The van der Waals surface area contributed by atoms with Gasteiger partial charge in [-0.1, -0.05) is 0 Å². The van der Waals surface area contributed by atoms with E-state index in [-0.39, 0.29) is 20.4 Å². The van der Waals surface area contributed by atoms with E-state index in [4.69, 9.17) is 6.87 Å². The van der Waals surface area contributed by atoms with Crippen LogP contribution in [0.5, 0.6) is 0 Å². The molecule has 0 aromatic carbocycles. The summed E-state index contributed by atoms with van der Waals surface area (Å²) in [4.78, 5) is 0. The zero-order valence-corrected chi connectivity index (χ0v) is 7.76. The van der Waals surface area contributed by atoms with Crippen LogP contribution in [0.2, 0.25) is 0 Å². The summed E-state index contributed by atoms with van der Waals surface area (Å²) in [6.07, 6.45) is 0. The summed E-state index contributed by atoms with van der Waals surface area (Å²) in [6.45, 7) is 0. The Morgan fingerprint density at radius 1 is 0.800 bits per heavy atom. The first-order valence-electron chi connectivity index (χ1n) is 0.309. The summed E-state index contributed by atoms with van der Waals surface area (Å²) in [6, 6.07) is 0. The Morgan fingerprint density at radius 3 is 0.800 bits per heavy atom. The van der Waals surface area contributed by atoms with E-state index in [9.17, 15) is 0 Å². The van der Waals surface area contributed by atoms with E-state index >= 15 is 0 Å². The quantitative estimate of drug-likeness (QED) is 0.408. The number of hydrogen-bond acceptors (Lipinski definition) is 2. The summed E-state index contributed by atoms with van der Waals surface area (Å²) in [5, 5.41) is 0. The molecule has 0 rings (SSSR count). The van der Waals surface area contributed by atoms with Crippen molar-refractivity contribution in [2.45, 2.75) is 0 Å². The molecule has 0 aliphatic heterocycles. The molecule has 0 heterocycles. The third kappa shape index (κ3) is 23.7. The van der Waals surface area contributed by atoms with Crippen molar-refractivity contribution in [1.82, 2.24) is 0 Å². The molecule has 0 radical (unpaired) electrons. The van der Waals surface area contributed by atoms with Gasteiger partial charge < -0.3 is 6.87 Å². The summed E-state index contributed by atoms with van der Waals surface area (Å²) in [5.74, 6) is 0. The Labute approximate surface area is 72.4 Å². The molecule has 0 atom stereocenters. The molecule has 0 unspecified atom stereocenters. The fraction of sp³-hybridized carbons (Fsp3) is 0. The van der Waals surface area contributed by atoms with Crippen molar-refractivity contribution in [3.8, 4) is 0 Å². The molecule has 0 spiro atoms. The minimum Gasteiger partial charge on any atom is -0.795 e. The molecule has 5 heteroatoms. The van der Waals surface area contributed by atoms with Crippen molar-refractivity contribution >= 4 is 46.0 Å². The van der Waals surface area contributed by atoms with E-state index in [2.05, 4.69) is 0 Å². The van der Waals surface area contributed by atoms with E-state index in [0.29, 0.717) is 0 Å². The molecule has 0 aromatic heterocycles. The van der Waals surface area contributed by atoms with Gasteiger partial charge in [-0.3, -0.25) is 0 Å². The molecule has 0 amide bonds. The first-order valence-corrected chi connectivity index (χ1v) is 2.07. The average Bonchev–Trinajstić information content (AvgIpc) is 1.50. The normalized spacial score (nSPS) is 2.40. The summed E-state index contributed by atoms with van der Waals surface area (Å²) in [7, 11) is 0. The molecule has 0 saturated heterocycles. The van der Waals surface area contributed by atoms with Gasteiger partial charge in [0.25, 0.3) is 0 Å². The molecule has 0 N–H and O–H groups in total. The summed E-state index contributed by atoms with van der Waals surface area (Å²) < 4.78 is 16.4. The van der Waals surface area contributed by atoms with Crippen LogP contribution in [0.1, 0.15) is 0 Å². The van der Waals surface area contributed by atoms with Crippen molar-refractivity contribution in [3.05, 3.63) is 0 Å². The smallest absolute Gasteiger partial charge is 0.795 e. The van der Waals surface area contributed by atoms with E-state index < -0.39 is 0 Å². The molecule has 0 aliphatic carbocycles. The van der Waals surface area contributed by atoms with Crippen LogP contribution in [0.25, 0.3) is 0 Å². The van der Waals surface area contributed by atoms with E-state index in [1.807, 2.05) is 0 Å².